The molecule has 0 amide bonds. The first-order chi connectivity index (χ1) is 11.5. The normalized spacial score (nSPS) is 11.4. The van der Waals surface area contributed by atoms with Gasteiger partial charge in [-0.25, -0.2) is 0 Å². The molecule has 0 spiro atoms. The molecule has 0 radical (unpaired) electrons. The molecule has 0 aliphatic heterocycles. The van der Waals surface area contributed by atoms with Crippen molar-refractivity contribution in [2.24, 2.45) is 0 Å². The van der Waals surface area contributed by atoms with Crippen molar-refractivity contribution >= 4 is 11.9 Å². The quantitative estimate of drug-likeness (QED) is 0.273. The summed E-state index contributed by atoms with van der Waals surface area (Å²) in [5.41, 5.74) is 3.78. The summed E-state index contributed by atoms with van der Waals surface area (Å²) in [4.78, 5) is 12.1. The number of unbranched alkanes of at least 4 members (excludes halogenated alkanes) is 2. The minimum atomic E-state index is 0.198. The number of allylic oxidation sites excluding steroid dienone is 1. The van der Waals surface area contributed by atoms with E-state index in [0.717, 1.165) is 19.3 Å². The second kappa shape index (κ2) is 10.9. The van der Waals surface area contributed by atoms with E-state index in [1.165, 1.54) is 23.0 Å². The Morgan fingerprint density at radius 3 is 2.50 bits per heavy atom. The highest BCUT2D eigenvalue weighted by molar-refractivity contribution is 5.93. The van der Waals surface area contributed by atoms with Crippen LogP contribution in [0, 0.1) is 0 Å². The van der Waals surface area contributed by atoms with Gasteiger partial charge in [-0.1, -0.05) is 58.5 Å². The summed E-state index contributed by atoms with van der Waals surface area (Å²) in [6.45, 7) is 13.0. The van der Waals surface area contributed by atoms with Gasteiger partial charge in [-0.2, -0.15) is 0 Å². The molecule has 0 saturated heterocycles. The molecule has 0 bridgehead atoms. The van der Waals surface area contributed by atoms with Gasteiger partial charge >= 0.3 is 0 Å². The summed E-state index contributed by atoms with van der Waals surface area (Å²) >= 11 is 0. The van der Waals surface area contributed by atoms with E-state index in [0.29, 0.717) is 24.9 Å². The van der Waals surface area contributed by atoms with E-state index >= 15 is 0 Å². The van der Waals surface area contributed by atoms with Crippen LogP contribution in [-0.2, 0) is 9.53 Å². The Morgan fingerprint density at radius 2 is 1.88 bits per heavy atom. The molecule has 0 heterocycles. The molecule has 0 aromatic heterocycles. The Balaban J connectivity index is 2.62. The van der Waals surface area contributed by atoms with Crippen LogP contribution in [0.5, 0.6) is 0 Å². The summed E-state index contributed by atoms with van der Waals surface area (Å²) in [6.07, 6.45) is 8.68. The number of hydrogen-bond acceptors (Lipinski definition) is 2. The van der Waals surface area contributed by atoms with Gasteiger partial charge in [-0.05, 0) is 53.9 Å². The lowest BCUT2D eigenvalue weighted by Gasteiger charge is -2.14. The van der Waals surface area contributed by atoms with Crippen LogP contribution in [0.15, 0.2) is 37.1 Å². The van der Waals surface area contributed by atoms with Crippen LogP contribution in [0.25, 0.3) is 6.08 Å². The Bertz CT molecular complexity index is 553. The number of ether oxygens (including phenoxy) is 1. The highest BCUT2D eigenvalue weighted by Crippen LogP contribution is 2.25. The Labute approximate surface area is 147 Å². The molecule has 132 valence electrons. The average Bonchev–Trinajstić information content (AvgIpc) is 2.55. The number of carbonyl (C=O) groups excluding carboxylic acids is 1. The molecule has 2 nitrogen and oxygen atoms in total. The van der Waals surface area contributed by atoms with E-state index < -0.39 is 0 Å². The Hall–Kier alpha value is -1.83. The van der Waals surface area contributed by atoms with E-state index in [2.05, 4.69) is 52.5 Å². The van der Waals surface area contributed by atoms with Crippen LogP contribution in [0.4, 0.5) is 0 Å². The first-order valence-corrected chi connectivity index (χ1v) is 9.03. The number of carbonyl (C=O) groups is 1. The van der Waals surface area contributed by atoms with Gasteiger partial charge in [0.25, 0.3) is 0 Å². The summed E-state index contributed by atoms with van der Waals surface area (Å²) in [6, 6.07) is 6.62. The third kappa shape index (κ3) is 7.16. The Morgan fingerprint density at radius 1 is 1.12 bits per heavy atom. The maximum atomic E-state index is 12.1. The minimum Gasteiger partial charge on any atom is -0.502 e. The van der Waals surface area contributed by atoms with Crippen molar-refractivity contribution in [1.82, 2.24) is 0 Å². The van der Waals surface area contributed by atoms with Crippen LogP contribution in [0.1, 0.15) is 81.9 Å². The van der Waals surface area contributed by atoms with Crippen molar-refractivity contribution in [2.75, 3.05) is 6.61 Å². The van der Waals surface area contributed by atoms with Crippen molar-refractivity contribution in [3.8, 4) is 0 Å². The number of benzene rings is 1. The molecule has 0 fully saturated rings. The lowest BCUT2D eigenvalue weighted by Crippen LogP contribution is -1.97. The summed E-state index contributed by atoms with van der Waals surface area (Å²) in [7, 11) is 0. The topological polar surface area (TPSA) is 26.3 Å². The first kappa shape index (κ1) is 20.2. The van der Waals surface area contributed by atoms with E-state index in [-0.39, 0.29) is 5.78 Å². The number of ketones is 1. The third-order valence-electron chi connectivity index (χ3n) is 4.15. The van der Waals surface area contributed by atoms with Gasteiger partial charge < -0.3 is 4.74 Å². The predicted octanol–water partition coefficient (Wildman–Crippen LogP) is 6.24. The smallest absolute Gasteiger partial charge is 0.155 e. The number of rotatable bonds is 11. The van der Waals surface area contributed by atoms with Gasteiger partial charge in [-0.15, -0.1) is 0 Å². The average molecular weight is 328 g/mol. The minimum absolute atomic E-state index is 0.198. The monoisotopic (exact) mass is 328 g/mol. The zero-order valence-electron chi connectivity index (χ0n) is 15.7. The fourth-order valence-electron chi connectivity index (χ4n) is 2.63. The molecule has 1 rings (SSSR count). The van der Waals surface area contributed by atoms with E-state index in [1.54, 1.807) is 6.08 Å². The zero-order chi connectivity index (χ0) is 17.9. The molecule has 0 aliphatic carbocycles. The third-order valence-corrected chi connectivity index (χ3v) is 4.15. The van der Waals surface area contributed by atoms with Gasteiger partial charge in [0.15, 0.2) is 5.78 Å². The van der Waals surface area contributed by atoms with Crippen LogP contribution in [0.3, 0.4) is 0 Å². The van der Waals surface area contributed by atoms with Crippen molar-refractivity contribution in [2.45, 2.75) is 65.2 Å². The molecule has 0 unspecified atom stereocenters. The Kier molecular flexibility index (Phi) is 9.14. The lowest BCUT2D eigenvalue weighted by atomic mass is 9.91. The highest BCUT2D eigenvalue weighted by Gasteiger charge is 2.08. The van der Waals surface area contributed by atoms with Crippen molar-refractivity contribution in [3.63, 3.8) is 0 Å². The van der Waals surface area contributed by atoms with Crippen LogP contribution < -0.4 is 0 Å². The van der Waals surface area contributed by atoms with Gasteiger partial charge in [0.1, 0.15) is 0 Å². The fourth-order valence-corrected chi connectivity index (χ4v) is 2.63. The van der Waals surface area contributed by atoms with Crippen molar-refractivity contribution < 1.29 is 9.53 Å². The van der Waals surface area contributed by atoms with Gasteiger partial charge in [0.05, 0.1) is 12.9 Å². The molecule has 0 atom stereocenters. The molecule has 24 heavy (non-hydrogen) atoms. The lowest BCUT2D eigenvalue weighted by molar-refractivity contribution is -0.114. The van der Waals surface area contributed by atoms with E-state index in [1.807, 2.05) is 6.08 Å². The fraction of sp³-hybridized carbons (Fsp3) is 0.500. The van der Waals surface area contributed by atoms with Gasteiger partial charge in [0, 0.05) is 6.42 Å². The maximum Gasteiger partial charge on any atom is 0.155 e. The SMILES string of the molecule is C=COCCCCCC(=O)/C=C/c1cc(C(C)C)ccc1C(C)C. The molecule has 0 aliphatic rings. The second-order valence-corrected chi connectivity index (χ2v) is 6.85. The summed E-state index contributed by atoms with van der Waals surface area (Å²) < 4.78 is 5.08. The molecule has 1 aromatic rings. The first-order valence-electron chi connectivity index (χ1n) is 9.03. The van der Waals surface area contributed by atoms with Crippen LogP contribution in [0.2, 0.25) is 0 Å². The number of hydrogen-bond donors (Lipinski definition) is 0. The van der Waals surface area contributed by atoms with Crippen LogP contribution in [-0.4, -0.2) is 12.4 Å². The molecular weight excluding hydrogens is 296 g/mol. The van der Waals surface area contributed by atoms with Crippen molar-refractivity contribution in [3.05, 3.63) is 53.8 Å². The van der Waals surface area contributed by atoms with Crippen LogP contribution >= 0.6 is 0 Å². The zero-order valence-corrected chi connectivity index (χ0v) is 15.7. The highest BCUT2D eigenvalue weighted by atomic mass is 16.5. The van der Waals surface area contributed by atoms with E-state index in [9.17, 15) is 4.79 Å². The molecule has 0 N–H and O–H groups in total. The van der Waals surface area contributed by atoms with Crippen molar-refractivity contribution in [1.29, 1.82) is 0 Å². The molecule has 0 saturated carbocycles. The largest absolute Gasteiger partial charge is 0.502 e. The van der Waals surface area contributed by atoms with Gasteiger partial charge in [0.2, 0.25) is 0 Å². The molecular formula is C22H32O2. The second-order valence-electron chi connectivity index (χ2n) is 6.85. The molecule has 1 aromatic carbocycles. The maximum absolute atomic E-state index is 12.1. The van der Waals surface area contributed by atoms with Gasteiger partial charge in [-0.3, -0.25) is 4.79 Å². The standard InChI is InChI=1S/C22H32O2/c1-6-24-15-9-7-8-10-21(23)13-11-20-16-19(17(2)3)12-14-22(20)18(4)5/h6,11-14,16-18H,1,7-10,15H2,2-5H3/b13-11+. The predicted molar refractivity (Wildman–Crippen MR) is 103 cm³/mol. The van der Waals surface area contributed by atoms with E-state index in [4.69, 9.17) is 4.74 Å². The summed E-state index contributed by atoms with van der Waals surface area (Å²) in [5, 5.41) is 0. The molecule has 2 heteroatoms. The summed E-state index contributed by atoms with van der Waals surface area (Å²) in [5.74, 6) is 1.14.